The van der Waals surface area contributed by atoms with E-state index in [1.54, 1.807) is 28.0 Å². The van der Waals surface area contributed by atoms with Crippen molar-refractivity contribution in [1.82, 2.24) is 24.6 Å². The van der Waals surface area contributed by atoms with Gasteiger partial charge in [0.1, 0.15) is 5.82 Å². The van der Waals surface area contributed by atoms with E-state index >= 15 is 0 Å². The van der Waals surface area contributed by atoms with Gasteiger partial charge >= 0.3 is 0 Å². The number of thioether (sulfide) groups is 1. The van der Waals surface area contributed by atoms with Crippen molar-refractivity contribution in [3.05, 3.63) is 59.3 Å². The first kappa shape index (κ1) is 21.5. The first-order chi connectivity index (χ1) is 14.9. The number of hydrogen-bond acceptors (Lipinski definition) is 6. The average molecular weight is 460 g/mol. The molecule has 2 aromatic heterocycles. The fourth-order valence-corrected chi connectivity index (χ4v) is 4.68. The summed E-state index contributed by atoms with van der Waals surface area (Å²) in [6.07, 6.45) is 1.48. The standard InChI is InChI=1S/C21H22ClN5O3S/c1-14-12-25(8-9-26(14)20(29)18-7-4-10-30-18)19(28)13-31-21-24-23-15(2)27(21)17-6-3-5-16(22)11-17/h3-7,10-11,14H,8-9,12-13H2,1-2H3. The summed E-state index contributed by atoms with van der Waals surface area (Å²) >= 11 is 7.46. The number of furan rings is 1. The van der Waals surface area contributed by atoms with E-state index in [4.69, 9.17) is 16.0 Å². The Morgan fingerprint density at radius 3 is 2.77 bits per heavy atom. The minimum atomic E-state index is -0.149. The second-order valence-electron chi connectivity index (χ2n) is 7.30. The highest BCUT2D eigenvalue weighted by atomic mass is 35.5. The SMILES string of the molecule is Cc1nnc(SCC(=O)N2CCN(C(=O)c3ccco3)C(C)C2)n1-c1cccc(Cl)c1. The van der Waals surface area contributed by atoms with E-state index in [0.717, 1.165) is 11.5 Å². The van der Waals surface area contributed by atoms with Gasteiger partial charge in [0.2, 0.25) is 5.91 Å². The molecular formula is C21H22ClN5O3S. The van der Waals surface area contributed by atoms with E-state index in [2.05, 4.69) is 10.2 Å². The number of carbonyl (C=O) groups excluding carboxylic acids is 2. The molecule has 0 spiro atoms. The number of halogens is 1. The van der Waals surface area contributed by atoms with Crippen molar-refractivity contribution in [3.63, 3.8) is 0 Å². The normalized spacial score (nSPS) is 16.5. The number of carbonyl (C=O) groups is 2. The zero-order valence-electron chi connectivity index (χ0n) is 17.2. The average Bonchev–Trinajstić information content (AvgIpc) is 3.41. The van der Waals surface area contributed by atoms with Crippen LogP contribution in [0.3, 0.4) is 0 Å². The quantitative estimate of drug-likeness (QED) is 0.544. The van der Waals surface area contributed by atoms with Gasteiger partial charge in [-0.3, -0.25) is 14.2 Å². The molecule has 3 aromatic rings. The predicted octanol–water partition coefficient (Wildman–Crippen LogP) is 3.29. The van der Waals surface area contributed by atoms with Crippen LogP contribution in [0.25, 0.3) is 5.69 Å². The first-order valence-electron chi connectivity index (χ1n) is 9.87. The van der Waals surface area contributed by atoms with Crippen LogP contribution in [0.15, 0.2) is 52.2 Å². The Morgan fingerprint density at radius 2 is 2.06 bits per heavy atom. The largest absolute Gasteiger partial charge is 0.459 e. The van der Waals surface area contributed by atoms with Crippen molar-refractivity contribution < 1.29 is 14.0 Å². The predicted molar refractivity (Wildman–Crippen MR) is 118 cm³/mol. The highest BCUT2D eigenvalue weighted by Gasteiger charge is 2.31. The minimum absolute atomic E-state index is 0.000227. The Kier molecular flexibility index (Phi) is 6.33. The molecular weight excluding hydrogens is 438 g/mol. The lowest BCUT2D eigenvalue weighted by atomic mass is 10.1. The second-order valence-corrected chi connectivity index (χ2v) is 8.68. The van der Waals surface area contributed by atoms with Crippen molar-refractivity contribution in [1.29, 1.82) is 0 Å². The van der Waals surface area contributed by atoms with Gasteiger partial charge < -0.3 is 14.2 Å². The van der Waals surface area contributed by atoms with Gasteiger partial charge in [-0.25, -0.2) is 0 Å². The van der Waals surface area contributed by atoms with Gasteiger partial charge in [-0.15, -0.1) is 10.2 Å². The Hall–Kier alpha value is -2.78. The van der Waals surface area contributed by atoms with Gasteiger partial charge in [0.05, 0.1) is 17.7 Å². The van der Waals surface area contributed by atoms with Gasteiger partial charge in [-0.2, -0.15) is 0 Å². The summed E-state index contributed by atoms with van der Waals surface area (Å²) < 4.78 is 7.10. The van der Waals surface area contributed by atoms with Crippen LogP contribution >= 0.6 is 23.4 Å². The molecule has 3 heterocycles. The number of rotatable bonds is 5. The van der Waals surface area contributed by atoms with E-state index in [9.17, 15) is 9.59 Å². The fourth-order valence-electron chi connectivity index (χ4n) is 3.59. The number of piperazine rings is 1. The number of hydrogen-bond donors (Lipinski definition) is 0. The molecule has 0 saturated carbocycles. The summed E-state index contributed by atoms with van der Waals surface area (Å²) in [5.74, 6) is 1.12. The lowest BCUT2D eigenvalue weighted by Gasteiger charge is -2.39. The van der Waals surface area contributed by atoms with Crippen LogP contribution in [-0.2, 0) is 4.79 Å². The molecule has 1 aliphatic heterocycles. The van der Waals surface area contributed by atoms with Crippen molar-refractivity contribution in [2.45, 2.75) is 25.0 Å². The van der Waals surface area contributed by atoms with Crippen LogP contribution in [0.5, 0.6) is 0 Å². The van der Waals surface area contributed by atoms with Crippen molar-refractivity contribution in [2.24, 2.45) is 0 Å². The lowest BCUT2D eigenvalue weighted by Crippen LogP contribution is -2.55. The van der Waals surface area contributed by atoms with Crippen LogP contribution in [0, 0.1) is 6.92 Å². The Balaban J connectivity index is 1.38. The molecule has 1 unspecified atom stereocenters. The maximum absolute atomic E-state index is 12.8. The third kappa shape index (κ3) is 4.62. The van der Waals surface area contributed by atoms with Crippen LogP contribution in [0.4, 0.5) is 0 Å². The molecule has 2 amide bonds. The number of benzene rings is 1. The van der Waals surface area contributed by atoms with E-state index in [1.807, 2.05) is 36.6 Å². The molecule has 1 aromatic carbocycles. The summed E-state index contributed by atoms with van der Waals surface area (Å²) in [7, 11) is 0. The molecule has 8 nitrogen and oxygen atoms in total. The third-order valence-electron chi connectivity index (χ3n) is 5.16. The van der Waals surface area contributed by atoms with Gasteiger partial charge in [0.15, 0.2) is 10.9 Å². The molecule has 162 valence electrons. The molecule has 0 radical (unpaired) electrons. The summed E-state index contributed by atoms with van der Waals surface area (Å²) in [5, 5.41) is 9.62. The molecule has 0 N–H and O–H groups in total. The molecule has 0 aliphatic carbocycles. The van der Waals surface area contributed by atoms with E-state index in [-0.39, 0.29) is 23.6 Å². The van der Waals surface area contributed by atoms with E-state index in [0.29, 0.717) is 35.6 Å². The molecule has 31 heavy (non-hydrogen) atoms. The van der Waals surface area contributed by atoms with Crippen LogP contribution < -0.4 is 0 Å². The summed E-state index contributed by atoms with van der Waals surface area (Å²) in [5.41, 5.74) is 0.851. The van der Waals surface area contributed by atoms with Crippen molar-refractivity contribution in [2.75, 3.05) is 25.4 Å². The van der Waals surface area contributed by atoms with Gasteiger partial charge in [-0.05, 0) is 44.2 Å². The van der Waals surface area contributed by atoms with Crippen LogP contribution in [0.1, 0.15) is 23.3 Å². The van der Waals surface area contributed by atoms with Gasteiger partial charge in [-0.1, -0.05) is 29.4 Å². The van der Waals surface area contributed by atoms with Gasteiger partial charge in [0, 0.05) is 30.7 Å². The molecule has 1 saturated heterocycles. The number of aryl methyl sites for hydroxylation is 1. The lowest BCUT2D eigenvalue weighted by molar-refractivity contribution is -0.130. The summed E-state index contributed by atoms with van der Waals surface area (Å²) in [6.45, 7) is 5.22. The molecule has 1 atom stereocenters. The number of aromatic nitrogens is 3. The second kappa shape index (κ2) is 9.15. The zero-order valence-corrected chi connectivity index (χ0v) is 18.8. The van der Waals surface area contributed by atoms with Crippen molar-refractivity contribution >= 4 is 35.2 Å². The van der Waals surface area contributed by atoms with Gasteiger partial charge in [0.25, 0.3) is 5.91 Å². The molecule has 1 aliphatic rings. The van der Waals surface area contributed by atoms with Crippen LogP contribution in [-0.4, -0.2) is 67.8 Å². The molecule has 1 fully saturated rings. The topological polar surface area (TPSA) is 84.5 Å². The van der Waals surface area contributed by atoms with E-state index in [1.165, 1.54) is 18.0 Å². The highest BCUT2D eigenvalue weighted by molar-refractivity contribution is 7.99. The Morgan fingerprint density at radius 1 is 1.23 bits per heavy atom. The number of nitrogens with zero attached hydrogens (tertiary/aromatic N) is 5. The maximum atomic E-state index is 12.8. The highest BCUT2D eigenvalue weighted by Crippen LogP contribution is 2.24. The van der Waals surface area contributed by atoms with E-state index < -0.39 is 0 Å². The zero-order chi connectivity index (χ0) is 22.0. The third-order valence-corrected chi connectivity index (χ3v) is 6.31. The number of amides is 2. The Labute approximate surface area is 189 Å². The fraction of sp³-hybridized carbons (Fsp3) is 0.333. The Bertz CT molecular complexity index is 1080. The minimum Gasteiger partial charge on any atom is -0.459 e. The van der Waals surface area contributed by atoms with Crippen molar-refractivity contribution in [3.8, 4) is 5.69 Å². The maximum Gasteiger partial charge on any atom is 0.289 e. The van der Waals surface area contributed by atoms with Crippen LogP contribution in [0.2, 0.25) is 5.02 Å². The summed E-state index contributed by atoms with van der Waals surface area (Å²) in [4.78, 5) is 28.9. The molecule has 10 heteroatoms. The smallest absolute Gasteiger partial charge is 0.289 e. The monoisotopic (exact) mass is 459 g/mol. The summed E-state index contributed by atoms with van der Waals surface area (Å²) in [6, 6.07) is 10.7. The molecule has 4 rings (SSSR count). The molecule has 0 bridgehead atoms. The first-order valence-corrected chi connectivity index (χ1v) is 11.2.